The third kappa shape index (κ3) is 4.31. The van der Waals surface area contributed by atoms with Crippen LogP contribution in [-0.4, -0.2) is 26.8 Å². The molecule has 2 aromatic heterocycles. The fraction of sp³-hybridized carbons (Fsp3) is 0.438. The van der Waals surface area contributed by atoms with Crippen LogP contribution in [0.1, 0.15) is 44.0 Å². The van der Waals surface area contributed by atoms with Crippen LogP contribution in [0, 0.1) is 0 Å². The van der Waals surface area contributed by atoms with Gasteiger partial charge in [-0.15, -0.1) is 0 Å². The summed E-state index contributed by atoms with van der Waals surface area (Å²) >= 11 is 0. The molecule has 0 atom stereocenters. The molecule has 0 saturated heterocycles. The minimum atomic E-state index is -0.207. The van der Waals surface area contributed by atoms with E-state index in [0.29, 0.717) is 17.3 Å². The maximum absolute atomic E-state index is 12.2. The number of anilines is 1. The van der Waals surface area contributed by atoms with E-state index < -0.39 is 0 Å². The maximum Gasteiger partial charge on any atom is 0.258 e. The number of ether oxygens (including phenoxy) is 1. The second kappa shape index (κ2) is 7.59. The lowest BCUT2D eigenvalue weighted by Crippen LogP contribution is -2.16. The summed E-state index contributed by atoms with van der Waals surface area (Å²) in [6.45, 7) is 6.77. The van der Waals surface area contributed by atoms with Crippen LogP contribution >= 0.6 is 0 Å². The first-order valence-electron chi connectivity index (χ1n) is 7.56. The van der Waals surface area contributed by atoms with Crippen molar-refractivity contribution < 1.29 is 9.53 Å². The van der Waals surface area contributed by atoms with Crippen molar-refractivity contribution in [1.29, 1.82) is 0 Å². The van der Waals surface area contributed by atoms with Crippen molar-refractivity contribution in [2.45, 2.75) is 46.3 Å². The molecule has 6 heteroatoms. The first-order chi connectivity index (χ1) is 10.6. The number of pyridine rings is 1. The Morgan fingerprint density at radius 3 is 2.82 bits per heavy atom. The Kier molecular flexibility index (Phi) is 5.52. The molecule has 0 fully saturated rings. The highest BCUT2D eigenvalue weighted by Gasteiger charge is 2.10. The second-order valence-electron chi connectivity index (χ2n) is 5.30. The Morgan fingerprint density at radius 2 is 2.18 bits per heavy atom. The predicted molar refractivity (Wildman–Crippen MR) is 85.1 cm³/mol. The van der Waals surface area contributed by atoms with Gasteiger partial charge < -0.3 is 10.1 Å². The van der Waals surface area contributed by atoms with E-state index in [-0.39, 0.29) is 12.0 Å². The molecule has 1 N–H and O–H groups in total. The molecule has 0 bridgehead atoms. The van der Waals surface area contributed by atoms with Crippen molar-refractivity contribution in [2.75, 3.05) is 5.32 Å². The van der Waals surface area contributed by atoms with Gasteiger partial charge in [0.2, 0.25) is 5.88 Å². The number of unbranched alkanes of at least 4 members (excludes halogenated alkanes) is 1. The number of aryl methyl sites for hydroxylation is 1. The van der Waals surface area contributed by atoms with Gasteiger partial charge in [0.25, 0.3) is 5.91 Å². The van der Waals surface area contributed by atoms with E-state index in [2.05, 4.69) is 22.3 Å². The number of aromatic nitrogens is 3. The fourth-order valence-corrected chi connectivity index (χ4v) is 1.94. The van der Waals surface area contributed by atoms with Crippen LogP contribution in [0.15, 0.2) is 30.6 Å². The zero-order chi connectivity index (χ0) is 15.9. The van der Waals surface area contributed by atoms with Gasteiger partial charge in [-0.3, -0.25) is 4.79 Å². The number of hydrogen-bond acceptors (Lipinski definition) is 4. The van der Waals surface area contributed by atoms with Crippen molar-refractivity contribution in [1.82, 2.24) is 14.8 Å². The van der Waals surface area contributed by atoms with Crippen LogP contribution in [0.3, 0.4) is 0 Å². The first-order valence-corrected chi connectivity index (χ1v) is 7.56. The molecular weight excluding hydrogens is 280 g/mol. The van der Waals surface area contributed by atoms with Crippen LogP contribution in [0.25, 0.3) is 0 Å². The second-order valence-corrected chi connectivity index (χ2v) is 5.30. The van der Waals surface area contributed by atoms with Crippen molar-refractivity contribution in [3.63, 3.8) is 0 Å². The zero-order valence-corrected chi connectivity index (χ0v) is 13.2. The number of nitrogens with one attached hydrogen (secondary N) is 1. The van der Waals surface area contributed by atoms with Gasteiger partial charge in [-0.2, -0.15) is 5.10 Å². The van der Waals surface area contributed by atoms with Crippen molar-refractivity contribution in [3.05, 3.63) is 36.2 Å². The molecule has 118 valence electrons. The summed E-state index contributed by atoms with van der Waals surface area (Å²) in [5.41, 5.74) is 0.486. The minimum absolute atomic E-state index is 0.0556. The van der Waals surface area contributed by atoms with Crippen LogP contribution < -0.4 is 10.1 Å². The standard InChI is InChI=1S/C16H22N4O2/c1-4-5-10-20-14(8-9-18-20)19-16(21)13-6-7-15(17-11-13)22-12(2)3/h6-9,11-12H,4-5,10H2,1-3H3,(H,19,21). The average molecular weight is 302 g/mol. The quantitative estimate of drug-likeness (QED) is 0.853. The molecule has 0 unspecified atom stereocenters. The molecule has 0 saturated carbocycles. The normalized spacial score (nSPS) is 10.7. The summed E-state index contributed by atoms with van der Waals surface area (Å²) in [4.78, 5) is 16.4. The highest BCUT2D eigenvalue weighted by atomic mass is 16.5. The van der Waals surface area contributed by atoms with E-state index in [0.717, 1.165) is 19.4 Å². The van der Waals surface area contributed by atoms with Gasteiger partial charge >= 0.3 is 0 Å². The van der Waals surface area contributed by atoms with E-state index >= 15 is 0 Å². The van der Waals surface area contributed by atoms with Gasteiger partial charge in [-0.1, -0.05) is 13.3 Å². The Hall–Kier alpha value is -2.37. The molecule has 0 aliphatic carbocycles. The Bertz CT molecular complexity index is 605. The largest absolute Gasteiger partial charge is 0.475 e. The summed E-state index contributed by atoms with van der Waals surface area (Å²) in [6.07, 6.45) is 5.35. The summed E-state index contributed by atoms with van der Waals surface area (Å²) in [7, 11) is 0. The monoisotopic (exact) mass is 302 g/mol. The summed E-state index contributed by atoms with van der Waals surface area (Å²) in [5.74, 6) is 1.00. The SMILES string of the molecule is CCCCn1nccc1NC(=O)c1ccc(OC(C)C)nc1. The lowest BCUT2D eigenvalue weighted by Gasteiger charge is -2.10. The Labute approximate surface area is 130 Å². The molecule has 2 aromatic rings. The van der Waals surface area contributed by atoms with Crippen LogP contribution in [0.5, 0.6) is 5.88 Å². The van der Waals surface area contributed by atoms with Crippen molar-refractivity contribution >= 4 is 11.7 Å². The van der Waals surface area contributed by atoms with E-state index in [4.69, 9.17) is 4.74 Å². The van der Waals surface area contributed by atoms with E-state index in [1.807, 2.05) is 13.8 Å². The number of amides is 1. The number of carbonyl (C=O) groups is 1. The summed E-state index contributed by atoms with van der Waals surface area (Å²) < 4.78 is 7.26. The lowest BCUT2D eigenvalue weighted by molar-refractivity contribution is 0.102. The lowest BCUT2D eigenvalue weighted by atomic mass is 10.2. The molecule has 0 aliphatic rings. The molecule has 1 amide bonds. The third-order valence-corrected chi connectivity index (χ3v) is 3.04. The minimum Gasteiger partial charge on any atom is -0.475 e. The number of nitrogens with zero attached hydrogens (tertiary/aromatic N) is 3. The number of carbonyl (C=O) groups excluding carboxylic acids is 1. The molecule has 0 aromatic carbocycles. The van der Waals surface area contributed by atoms with E-state index in [1.165, 1.54) is 6.20 Å². The molecular formula is C16H22N4O2. The van der Waals surface area contributed by atoms with Crippen molar-refractivity contribution in [2.24, 2.45) is 0 Å². The smallest absolute Gasteiger partial charge is 0.258 e. The van der Waals surface area contributed by atoms with Gasteiger partial charge in [0, 0.05) is 24.9 Å². The Morgan fingerprint density at radius 1 is 1.36 bits per heavy atom. The van der Waals surface area contributed by atoms with Gasteiger partial charge in [0.05, 0.1) is 17.9 Å². The van der Waals surface area contributed by atoms with E-state index in [1.54, 1.807) is 29.1 Å². The first kappa shape index (κ1) is 16.0. The summed E-state index contributed by atoms with van der Waals surface area (Å²) in [5, 5.41) is 7.07. The molecule has 0 aliphatic heterocycles. The molecule has 2 rings (SSSR count). The summed E-state index contributed by atoms with van der Waals surface area (Å²) in [6, 6.07) is 5.19. The van der Waals surface area contributed by atoms with Crippen LogP contribution in [-0.2, 0) is 6.54 Å². The van der Waals surface area contributed by atoms with Gasteiger partial charge in [0.15, 0.2) is 0 Å². The number of rotatable bonds is 7. The maximum atomic E-state index is 12.2. The topological polar surface area (TPSA) is 69.0 Å². The molecule has 6 nitrogen and oxygen atoms in total. The predicted octanol–water partition coefficient (Wildman–Crippen LogP) is 3.12. The highest BCUT2D eigenvalue weighted by Crippen LogP contribution is 2.13. The molecule has 0 radical (unpaired) electrons. The zero-order valence-electron chi connectivity index (χ0n) is 13.2. The third-order valence-electron chi connectivity index (χ3n) is 3.04. The van der Waals surface area contributed by atoms with Gasteiger partial charge in [-0.25, -0.2) is 9.67 Å². The van der Waals surface area contributed by atoms with Crippen LogP contribution in [0.4, 0.5) is 5.82 Å². The van der Waals surface area contributed by atoms with Crippen LogP contribution in [0.2, 0.25) is 0 Å². The molecule has 22 heavy (non-hydrogen) atoms. The Balaban J connectivity index is 2.01. The average Bonchev–Trinajstić information content (AvgIpc) is 2.92. The van der Waals surface area contributed by atoms with Crippen molar-refractivity contribution in [3.8, 4) is 5.88 Å². The number of hydrogen-bond donors (Lipinski definition) is 1. The van der Waals surface area contributed by atoms with E-state index in [9.17, 15) is 4.79 Å². The molecule has 0 spiro atoms. The molecule has 2 heterocycles. The highest BCUT2D eigenvalue weighted by molar-refractivity contribution is 6.03. The van der Waals surface area contributed by atoms with Gasteiger partial charge in [0.1, 0.15) is 5.82 Å². The fourth-order valence-electron chi connectivity index (χ4n) is 1.94. The van der Waals surface area contributed by atoms with Gasteiger partial charge in [-0.05, 0) is 26.3 Å².